The lowest BCUT2D eigenvalue weighted by molar-refractivity contribution is -0.125. The number of nitrogens with one attached hydrogen (secondary N) is 2. The summed E-state index contributed by atoms with van der Waals surface area (Å²) in [7, 11) is 0. The number of carbonyl (C=O) groups excluding carboxylic acids is 2. The van der Waals surface area contributed by atoms with Crippen LogP contribution in [0.4, 0.5) is 5.95 Å². The van der Waals surface area contributed by atoms with Gasteiger partial charge in [0.05, 0.1) is 27.6 Å². The number of rotatable bonds is 5. The molecule has 1 aromatic carbocycles. The van der Waals surface area contributed by atoms with Gasteiger partial charge in [-0.25, -0.2) is 4.98 Å². The van der Waals surface area contributed by atoms with Crippen LogP contribution in [0.15, 0.2) is 73.7 Å². The van der Waals surface area contributed by atoms with Gasteiger partial charge in [-0.05, 0) is 61.1 Å². The molecule has 4 aromatic heterocycles. The van der Waals surface area contributed by atoms with E-state index in [9.17, 15) is 9.59 Å². The molecule has 8 nitrogen and oxygen atoms in total. The zero-order valence-corrected chi connectivity index (χ0v) is 21.5. The lowest BCUT2D eigenvalue weighted by atomic mass is 9.65. The Hall–Kier alpha value is -4.24. The van der Waals surface area contributed by atoms with Gasteiger partial charge in [0, 0.05) is 47.4 Å². The summed E-state index contributed by atoms with van der Waals surface area (Å²) >= 11 is 1.44. The molecule has 5 heterocycles. The lowest BCUT2D eigenvalue weighted by Crippen LogP contribution is -2.42. The van der Waals surface area contributed by atoms with Crippen molar-refractivity contribution >= 4 is 51.0 Å². The number of carbonyl (C=O) groups is 2. The molecule has 1 saturated heterocycles. The molecule has 1 aliphatic carbocycles. The number of benzene rings is 1. The molecule has 5 aromatic rings. The van der Waals surface area contributed by atoms with Gasteiger partial charge in [-0.15, -0.1) is 11.3 Å². The Bertz CT molecular complexity index is 1720. The zero-order valence-electron chi connectivity index (χ0n) is 20.7. The number of pyridine rings is 1. The van der Waals surface area contributed by atoms with Gasteiger partial charge in [-0.3, -0.25) is 19.9 Å². The van der Waals surface area contributed by atoms with E-state index in [0.29, 0.717) is 10.8 Å². The van der Waals surface area contributed by atoms with Crippen molar-refractivity contribution in [3.8, 4) is 10.4 Å². The number of aromatic nitrogens is 4. The number of para-hydroxylation sites is 2. The number of likely N-dealkylation sites (tertiary alicyclic amines) is 1. The fourth-order valence-electron chi connectivity index (χ4n) is 6.15. The summed E-state index contributed by atoms with van der Waals surface area (Å²) in [4.78, 5) is 41.3. The van der Waals surface area contributed by atoms with Crippen molar-refractivity contribution in [3.05, 3.63) is 78.6 Å². The quantitative estimate of drug-likeness (QED) is 0.292. The van der Waals surface area contributed by atoms with Crippen LogP contribution in [-0.2, 0) is 4.79 Å². The van der Waals surface area contributed by atoms with Crippen LogP contribution in [0.3, 0.4) is 0 Å². The van der Waals surface area contributed by atoms with Crippen LogP contribution in [0.25, 0.3) is 32.4 Å². The van der Waals surface area contributed by atoms with Crippen LogP contribution in [0, 0.1) is 5.41 Å². The number of amides is 2. The minimum Gasteiger partial charge on any atom is -0.360 e. The summed E-state index contributed by atoms with van der Waals surface area (Å²) in [5, 5.41) is 4.18. The molecular weight excluding hydrogens is 496 g/mol. The maximum atomic E-state index is 13.4. The van der Waals surface area contributed by atoms with Crippen LogP contribution in [0.2, 0.25) is 0 Å². The fraction of sp³-hybridized carbons (Fsp3) is 0.241. The lowest BCUT2D eigenvalue weighted by Gasteiger charge is -2.46. The van der Waals surface area contributed by atoms with Crippen molar-refractivity contribution in [2.24, 2.45) is 5.41 Å². The molecule has 7 rings (SSSR count). The van der Waals surface area contributed by atoms with Gasteiger partial charge in [-0.1, -0.05) is 18.7 Å². The van der Waals surface area contributed by atoms with E-state index in [-0.39, 0.29) is 23.3 Å². The highest BCUT2D eigenvalue weighted by Gasteiger charge is 2.50. The predicted molar refractivity (Wildman–Crippen MR) is 149 cm³/mol. The molecule has 0 unspecified atom stereocenters. The van der Waals surface area contributed by atoms with Crippen molar-refractivity contribution in [2.45, 2.75) is 25.3 Å². The molecule has 1 saturated carbocycles. The molecule has 2 amide bonds. The first-order chi connectivity index (χ1) is 18.5. The first kappa shape index (κ1) is 22.9. The van der Waals surface area contributed by atoms with E-state index in [4.69, 9.17) is 4.98 Å². The molecule has 2 fully saturated rings. The Kier molecular flexibility index (Phi) is 5.23. The van der Waals surface area contributed by atoms with Crippen molar-refractivity contribution in [2.75, 3.05) is 18.4 Å². The number of hydrogen-bond donors (Lipinski definition) is 2. The summed E-state index contributed by atoms with van der Waals surface area (Å²) in [6.45, 7) is 5.18. The molecule has 2 N–H and O–H groups in total. The number of nitrogens with zero attached hydrogens (tertiary/aromatic N) is 4. The van der Waals surface area contributed by atoms with Crippen LogP contribution < -0.4 is 5.32 Å². The normalized spacial score (nSPS) is 20.7. The second kappa shape index (κ2) is 8.66. The monoisotopic (exact) mass is 522 g/mol. The fourth-order valence-corrected chi connectivity index (χ4v) is 7.08. The smallest absolute Gasteiger partial charge is 0.268 e. The highest BCUT2D eigenvalue weighted by atomic mass is 32.1. The maximum absolute atomic E-state index is 13.4. The average molecular weight is 523 g/mol. The third-order valence-electron chi connectivity index (χ3n) is 8.02. The Morgan fingerprint density at radius 3 is 2.89 bits per heavy atom. The summed E-state index contributed by atoms with van der Waals surface area (Å²) in [6.07, 6.45) is 9.84. The Labute approximate surface area is 223 Å². The number of H-pyrrole nitrogens is 1. The Morgan fingerprint density at radius 2 is 2.03 bits per heavy atom. The molecule has 0 radical (unpaired) electrons. The largest absolute Gasteiger partial charge is 0.360 e. The summed E-state index contributed by atoms with van der Waals surface area (Å²) in [6, 6.07) is 14.1. The average Bonchev–Trinajstić information content (AvgIpc) is 3.71. The number of aromatic amines is 1. The third-order valence-corrected chi connectivity index (χ3v) is 9.14. The van der Waals surface area contributed by atoms with Gasteiger partial charge >= 0.3 is 0 Å². The second-order valence-electron chi connectivity index (χ2n) is 10.3. The number of fused-ring (bicyclic) bond motifs is 2. The van der Waals surface area contributed by atoms with E-state index in [1.54, 1.807) is 6.20 Å². The SMILES string of the molecule is C=CC(=O)N1CC[C@]2(C1)C[C@H](n1c(NC(=O)c3ccc(-c4cncc5[nH]ccc45)s3)nc3ccccc31)C2. The predicted octanol–water partition coefficient (Wildman–Crippen LogP) is 5.63. The van der Waals surface area contributed by atoms with E-state index in [2.05, 4.69) is 32.5 Å². The summed E-state index contributed by atoms with van der Waals surface area (Å²) in [5.41, 5.74) is 3.97. The van der Waals surface area contributed by atoms with Crippen molar-refractivity contribution in [1.29, 1.82) is 0 Å². The number of anilines is 1. The first-order valence-corrected chi connectivity index (χ1v) is 13.6. The van der Waals surface area contributed by atoms with Crippen molar-refractivity contribution < 1.29 is 9.59 Å². The highest BCUT2D eigenvalue weighted by molar-refractivity contribution is 7.17. The van der Waals surface area contributed by atoms with Gasteiger partial charge in [0.15, 0.2) is 0 Å². The molecule has 1 aliphatic heterocycles. The van der Waals surface area contributed by atoms with Gasteiger partial charge in [0.2, 0.25) is 11.9 Å². The topological polar surface area (TPSA) is 95.9 Å². The summed E-state index contributed by atoms with van der Waals surface area (Å²) in [5.74, 6) is 0.396. The van der Waals surface area contributed by atoms with Crippen molar-refractivity contribution in [1.82, 2.24) is 24.4 Å². The maximum Gasteiger partial charge on any atom is 0.268 e. The molecule has 0 atom stereocenters. The van der Waals surface area contributed by atoms with E-state index < -0.39 is 0 Å². The number of hydrogen-bond acceptors (Lipinski definition) is 5. The summed E-state index contributed by atoms with van der Waals surface area (Å²) < 4.78 is 2.18. The van der Waals surface area contributed by atoms with Crippen LogP contribution in [0.5, 0.6) is 0 Å². The standard InChI is InChI=1S/C29H26N6O2S/c1-2-26(36)34-12-10-29(17-34)13-18(14-29)35-23-6-4-3-5-21(23)32-28(35)33-27(37)25-8-7-24(38-25)20-15-30-16-22-19(20)9-11-31-22/h2-9,11,15-16,18,31H,1,10,12-14,17H2,(H,32,33,37)/t18-,29-. The molecule has 9 heteroatoms. The minimum atomic E-state index is -0.176. The van der Waals surface area contributed by atoms with Crippen molar-refractivity contribution in [3.63, 3.8) is 0 Å². The van der Waals surface area contributed by atoms with Gasteiger partial charge in [0.1, 0.15) is 0 Å². The van der Waals surface area contributed by atoms with E-state index in [0.717, 1.165) is 64.7 Å². The van der Waals surface area contributed by atoms with E-state index in [1.807, 2.05) is 53.7 Å². The van der Waals surface area contributed by atoms with E-state index in [1.165, 1.54) is 17.4 Å². The zero-order chi connectivity index (χ0) is 25.9. The molecule has 0 bridgehead atoms. The number of thiophene rings is 1. The molecule has 38 heavy (non-hydrogen) atoms. The van der Waals surface area contributed by atoms with Crippen LogP contribution in [-0.4, -0.2) is 49.3 Å². The second-order valence-corrected chi connectivity index (χ2v) is 11.4. The minimum absolute atomic E-state index is 0.00481. The van der Waals surface area contributed by atoms with E-state index >= 15 is 0 Å². The Balaban J connectivity index is 1.15. The third kappa shape index (κ3) is 3.65. The number of imidazole rings is 1. The van der Waals surface area contributed by atoms with Gasteiger partial charge in [0.25, 0.3) is 5.91 Å². The molecule has 190 valence electrons. The Morgan fingerprint density at radius 1 is 1.16 bits per heavy atom. The van der Waals surface area contributed by atoms with Crippen LogP contribution >= 0.6 is 11.3 Å². The van der Waals surface area contributed by atoms with Crippen LogP contribution in [0.1, 0.15) is 35.0 Å². The van der Waals surface area contributed by atoms with Gasteiger partial charge in [-0.2, -0.15) is 0 Å². The molecular formula is C29H26N6O2S. The molecule has 2 aliphatic rings. The highest BCUT2D eigenvalue weighted by Crippen LogP contribution is 2.55. The van der Waals surface area contributed by atoms with Gasteiger partial charge < -0.3 is 14.5 Å². The molecule has 1 spiro atoms. The first-order valence-electron chi connectivity index (χ1n) is 12.7.